The quantitative estimate of drug-likeness (QED) is 0.620. The molecule has 0 aromatic heterocycles. The van der Waals surface area contributed by atoms with Gasteiger partial charge in [-0.25, -0.2) is 8.78 Å². The molecule has 6 nitrogen and oxygen atoms in total. The van der Waals surface area contributed by atoms with E-state index < -0.39 is 58.2 Å². The Kier molecular flexibility index (Phi) is 5.14. The van der Waals surface area contributed by atoms with Gasteiger partial charge in [-0.15, -0.1) is 0 Å². The highest BCUT2D eigenvalue weighted by atomic mass is 19.2. The van der Waals surface area contributed by atoms with Crippen molar-refractivity contribution in [2.75, 3.05) is 6.54 Å². The van der Waals surface area contributed by atoms with E-state index in [0.717, 1.165) is 12.1 Å². The summed E-state index contributed by atoms with van der Waals surface area (Å²) in [4.78, 5) is 36.9. The van der Waals surface area contributed by atoms with Crippen LogP contribution in [0, 0.1) is 11.6 Å². The number of hydrogen-bond donors (Lipinski definition) is 2. The smallest absolute Gasteiger partial charge is 0.325 e. The number of nitrogens with one attached hydrogen (secondary N) is 1. The van der Waals surface area contributed by atoms with Crippen molar-refractivity contribution in [2.45, 2.75) is 45.6 Å². The maximum absolute atomic E-state index is 13.6. The number of rotatable bonds is 3. The summed E-state index contributed by atoms with van der Waals surface area (Å²) in [6.07, 6.45) is 0. The Labute approximate surface area is 155 Å². The second-order valence-corrected chi connectivity index (χ2v) is 7.76. The first-order valence-corrected chi connectivity index (χ1v) is 8.23. The first-order valence-electron chi connectivity index (χ1n) is 8.23. The Bertz CT molecular complexity index is 866. The molecule has 0 heterocycles. The maximum atomic E-state index is 13.6. The molecule has 2 N–H and O–H groups in total. The van der Waals surface area contributed by atoms with E-state index in [1.165, 1.54) is 13.8 Å². The third-order valence-electron chi connectivity index (χ3n) is 4.06. The lowest BCUT2D eigenvalue weighted by molar-refractivity contribution is -0.154. The van der Waals surface area contributed by atoms with E-state index in [0.29, 0.717) is 0 Å². The number of fused-ring (bicyclic) bond motifs is 1. The molecule has 0 fully saturated rings. The Hall–Kier alpha value is -2.77. The third kappa shape index (κ3) is 3.99. The number of aliphatic hydroxyl groups excluding tert-OH is 1. The number of carbonyl (C=O) groups is 3. The monoisotopic (exact) mass is 381 g/mol. The van der Waals surface area contributed by atoms with Gasteiger partial charge in [-0.3, -0.25) is 14.4 Å². The molecule has 1 aromatic rings. The van der Waals surface area contributed by atoms with E-state index in [-0.39, 0.29) is 11.1 Å². The van der Waals surface area contributed by atoms with Gasteiger partial charge in [0.1, 0.15) is 23.5 Å². The normalized spacial score (nSPS) is 16.0. The SMILES string of the molecule is CC(C)(C)OC(=O)CNC(=O)C1=C(O)c2cc(F)c(F)cc2C(C)(C)C1=O. The number of Topliss-reactive ketones (excluding diaryl/α,β-unsaturated/α-hetero) is 1. The zero-order valence-corrected chi connectivity index (χ0v) is 15.7. The van der Waals surface area contributed by atoms with Gasteiger partial charge in [0.05, 0.1) is 5.41 Å². The molecule has 1 aliphatic carbocycles. The summed E-state index contributed by atoms with van der Waals surface area (Å²) in [5, 5.41) is 12.6. The first kappa shape index (κ1) is 20.5. The Balaban J connectivity index is 2.37. The number of ketones is 1. The molecule has 1 aliphatic rings. The van der Waals surface area contributed by atoms with Gasteiger partial charge in [0.25, 0.3) is 5.91 Å². The summed E-state index contributed by atoms with van der Waals surface area (Å²) in [6.45, 7) is 7.29. The van der Waals surface area contributed by atoms with Crippen LogP contribution in [0.2, 0.25) is 0 Å². The largest absolute Gasteiger partial charge is 0.506 e. The highest BCUT2D eigenvalue weighted by Crippen LogP contribution is 2.40. The predicted octanol–water partition coefficient (Wildman–Crippen LogP) is 2.55. The summed E-state index contributed by atoms with van der Waals surface area (Å²) in [7, 11) is 0. The number of ether oxygens (including phenoxy) is 1. The lowest BCUT2D eigenvalue weighted by atomic mass is 9.71. The molecular weight excluding hydrogens is 360 g/mol. The molecule has 0 saturated carbocycles. The van der Waals surface area contributed by atoms with Gasteiger partial charge in [-0.2, -0.15) is 0 Å². The number of esters is 1. The first-order chi connectivity index (χ1) is 12.3. The van der Waals surface area contributed by atoms with Gasteiger partial charge in [0, 0.05) is 5.56 Å². The molecule has 8 heteroatoms. The van der Waals surface area contributed by atoms with Crippen molar-refractivity contribution in [2.24, 2.45) is 0 Å². The van der Waals surface area contributed by atoms with Crippen molar-refractivity contribution in [1.82, 2.24) is 5.32 Å². The van der Waals surface area contributed by atoms with E-state index in [1.807, 2.05) is 0 Å². The number of aliphatic hydroxyl groups is 1. The van der Waals surface area contributed by atoms with Crippen molar-refractivity contribution < 1.29 is 33.0 Å². The number of amides is 1. The Morgan fingerprint density at radius 3 is 2.30 bits per heavy atom. The van der Waals surface area contributed by atoms with Gasteiger partial charge in [0.15, 0.2) is 17.4 Å². The topological polar surface area (TPSA) is 92.7 Å². The van der Waals surface area contributed by atoms with Crippen molar-refractivity contribution in [3.05, 3.63) is 40.5 Å². The van der Waals surface area contributed by atoms with Crippen LogP contribution in [-0.2, 0) is 24.5 Å². The van der Waals surface area contributed by atoms with E-state index in [2.05, 4.69) is 5.32 Å². The molecule has 0 radical (unpaired) electrons. The molecule has 0 atom stereocenters. The predicted molar refractivity (Wildman–Crippen MR) is 92.8 cm³/mol. The molecule has 1 aromatic carbocycles. The molecule has 0 spiro atoms. The highest BCUT2D eigenvalue weighted by Gasteiger charge is 2.44. The van der Waals surface area contributed by atoms with Gasteiger partial charge in [-0.1, -0.05) is 0 Å². The number of benzene rings is 1. The zero-order chi connectivity index (χ0) is 20.7. The summed E-state index contributed by atoms with van der Waals surface area (Å²) in [5.41, 5.74) is -2.85. The summed E-state index contributed by atoms with van der Waals surface area (Å²) < 4.78 is 32.3. The van der Waals surface area contributed by atoms with Crippen molar-refractivity contribution in [3.63, 3.8) is 0 Å². The number of halogens is 2. The second-order valence-electron chi connectivity index (χ2n) is 7.76. The molecule has 1 amide bonds. The molecule has 27 heavy (non-hydrogen) atoms. The third-order valence-corrected chi connectivity index (χ3v) is 4.06. The molecule has 0 saturated heterocycles. The van der Waals surface area contributed by atoms with Crippen molar-refractivity contribution >= 4 is 23.4 Å². The summed E-state index contributed by atoms with van der Waals surface area (Å²) in [5.74, 6) is -5.67. The van der Waals surface area contributed by atoms with Crippen molar-refractivity contribution in [3.8, 4) is 0 Å². The molecule has 0 unspecified atom stereocenters. The molecule has 146 valence electrons. The van der Waals surface area contributed by atoms with Crippen LogP contribution in [0.15, 0.2) is 17.7 Å². The van der Waals surface area contributed by atoms with Crippen LogP contribution in [0.25, 0.3) is 5.76 Å². The average Bonchev–Trinajstić information content (AvgIpc) is 2.52. The fraction of sp³-hybridized carbons (Fsp3) is 0.421. The average molecular weight is 381 g/mol. The fourth-order valence-electron chi connectivity index (χ4n) is 2.77. The van der Waals surface area contributed by atoms with Crippen LogP contribution >= 0.6 is 0 Å². The standard InChI is InChI=1S/C19H21F2NO5/c1-18(2,3)27-13(23)8-22-17(26)14-15(24)9-6-11(20)12(21)7-10(9)19(4,5)16(14)25/h6-7,24H,8H2,1-5H3,(H,22,26). The van der Waals surface area contributed by atoms with Crippen LogP contribution in [-0.4, -0.2) is 34.9 Å². The van der Waals surface area contributed by atoms with Crippen LogP contribution in [0.4, 0.5) is 8.78 Å². The lowest BCUT2D eigenvalue weighted by Crippen LogP contribution is -2.43. The number of hydrogen-bond acceptors (Lipinski definition) is 5. The zero-order valence-electron chi connectivity index (χ0n) is 15.7. The van der Waals surface area contributed by atoms with E-state index in [9.17, 15) is 28.3 Å². The van der Waals surface area contributed by atoms with E-state index in [1.54, 1.807) is 20.8 Å². The Morgan fingerprint density at radius 2 is 1.74 bits per heavy atom. The summed E-state index contributed by atoms with van der Waals surface area (Å²) in [6, 6.07) is 1.56. The van der Waals surface area contributed by atoms with Crippen LogP contribution in [0.1, 0.15) is 45.7 Å². The van der Waals surface area contributed by atoms with Gasteiger partial charge >= 0.3 is 5.97 Å². The number of carbonyl (C=O) groups excluding carboxylic acids is 3. The van der Waals surface area contributed by atoms with Gasteiger partial charge in [0.2, 0.25) is 0 Å². The fourth-order valence-corrected chi connectivity index (χ4v) is 2.77. The second kappa shape index (κ2) is 6.75. The lowest BCUT2D eigenvalue weighted by Gasteiger charge is -2.31. The summed E-state index contributed by atoms with van der Waals surface area (Å²) >= 11 is 0. The van der Waals surface area contributed by atoms with E-state index in [4.69, 9.17) is 4.74 Å². The minimum Gasteiger partial charge on any atom is -0.506 e. The van der Waals surface area contributed by atoms with Crippen LogP contribution in [0.5, 0.6) is 0 Å². The maximum Gasteiger partial charge on any atom is 0.325 e. The molecular formula is C19H21F2NO5. The molecule has 0 bridgehead atoms. The van der Waals surface area contributed by atoms with Gasteiger partial charge in [-0.05, 0) is 52.3 Å². The minimum atomic E-state index is -1.38. The van der Waals surface area contributed by atoms with Crippen LogP contribution < -0.4 is 5.32 Å². The molecule has 0 aliphatic heterocycles. The molecule has 2 rings (SSSR count). The Morgan fingerprint density at radius 1 is 1.19 bits per heavy atom. The van der Waals surface area contributed by atoms with Crippen molar-refractivity contribution in [1.29, 1.82) is 0 Å². The van der Waals surface area contributed by atoms with Crippen LogP contribution in [0.3, 0.4) is 0 Å². The minimum absolute atomic E-state index is 0.0626. The highest BCUT2D eigenvalue weighted by molar-refractivity contribution is 6.28. The van der Waals surface area contributed by atoms with Gasteiger partial charge < -0.3 is 15.2 Å². The van der Waals surface area contributed by atoms with E-state index >= 15 is 0 Å².